The van der Waals surface area contributed by atoms with Gasteiger partial charge in [-0.15, -0.1) is 0 Å². The first kappa shape index (κ1) is 17.2. The normalized spacial score (nSPS) is 9.48. The number of hydroxylamine groups is 1. The average Bonchev–Trinajstić information content (AvgIpc) is 2.53. The Hall–Kier alpha value is -1.87. The first-order valence-electron chi connectivity index (χ1n) is 5.98. The molecule has 0 bridgehead atoms. The molecular weight excluding hydrogens is 365 g/mol. The van der Waals surface area contributed by atoms with Crippen LogP contribution in [0.4, 0.5) is 5.69 Å². The molecule has 114 valence electrons. The summed E-state index contributed by atoms with van der Waals surface area (Å²) in [6.07, 6.45) is 0. The Balaban J connectivity index is 0.00000220. The standard InChI is InChI=1S/C15H15NO4.Pd/c1-19-12-9-6-10-13(20-2)14(12)15(17)16(18)11-7-4-3-5-8-11;/h3-10,18H,1-2H3;. The number of carbonyl (C=O) groups is 1. The van der Waals surface area contributed by atoms with Gasteiger partial charge in [0.1, 0.15) is 17.1 Å². The van der Waals surface area contributed by atoms with Gasteiger partial charge in [-0.05, 0) is 24.3 Å². The van der Waals surface area contributed by atoms with E-state index in [1.54, 1.807) is 48.5 Å². The van der Waals surface area contributed by atoms with Gasteiger partial charge in [0.05, 0.1) is 19.9 Å². The number of nitrogens with zero attached hydrogens (tertiary/aromatic N) is 1. The molecule has 0 spiro atoms. The largest absolute Gasteiger partial charge is 0.496 e. The molecule has 2 rings (SSSR count). The molecule has 5 nitrogen and oxygen atoms in total. The molecule has 0 unspecified atom stereocenters. The molecule has 2 aromatic rings. The van der Waals surface area contributed by atoms with E-state index in [0.717, 1.165) is 0 Å². The molecule has 1 amide bonds. The average molecular weight is 380 g/mol. The maximum absolute atomic E-state index is 12.4. The van der Waals surface area contributed by atoms with Gasteiger partial charge in [0.25, 0.3) is 5.91 Å². The van der Waals surface area contributed by atoms with Crippen molar-refractivity contribution in [3.05, 3.63) is 54.1 Å². The molecule has 2 aromatic carbocycles. The summed E-state index contributed by atoms with van der Waals surface area (Å²) in [6, 6.07) is 13.5. The second-order valence-electron chi connectivity index (χ2n) is 3.99. The molecular formula is C15H15NO4Pd. The molecule has 21 heavy (non-hydrogen) atoms. The SMILES string of the molecule is COc1cccc(OC)c1C(=O)N(O)c1ccccc1.[Pd]. The van der Waals surface area contributed by atoms with Crippen molar-refractivity contribution < 1.29 is 39.9 Å². The third kappa shape index (κ3) is 3.61. The van der Waals surface area contributed by atoms with E-state index >= 15 is 0 Å². The van der Waals surface area contributed by atoms with Crippen molar-refractivity contribution in [1.29, 1.82) is 0 Å². The van der Waals surface area contributed by atoms with E-state index < -0.39 is 5.91 Å². The molecule has 6 heteroatoms. The zero-order valence-electron chi connectivity index (χ0n) is 11.6. The van der Waals surface area contributed by atoms with Crippen molar-refractivity contribution >= 4 is 11.6 Å². The van der Waals surface area contributed by atoms with Gasteiger partial charge < -0.3 is 9.47 Å². The van der Waals surface area contributed by atoms with Gasteiger partial charge in [0, 0.05) is 20.4 Å². The van der Waals surface area contributed by atoms with Crippen LogP contribution in [0.2, 0.25) is 0 Å². The molecule has 0 fully saturated rings. The summed E-state index contributed by atoms with van der Waals surface area (Å²) in [6.45, 7) is 0. The number of rotatable bonds is 4. The zero-order valence-corrected chi connectivity index (χ0v) is 13.1. The number of hydrogen-bond acceptors (Lipinski definition) is 4. The van der Waals surface area contributed by atoms with Crippen molar-refractivity contribution in [2.75, 3.05) is 19.3 Å². The quantitative estimate of drug-likeness (QED) is 0.504. The van der Waals surface area contributed by atoms with E-state index in [-0.39, 0.29) is 26.0 Å². The number of benzene rings is 2. The summed E-state index contributed by atoms with van der Waals surface area (Å²) in [5.74, 6) is 0.0548. The molecule has 0 aliphatic carbocycles. The molecule has 0 heterocycles. The topological polar surface area (TPSA) is 59.0 Å². The van der Waals surface area contributed by atoms with Gasteiger partial charge in [-0.2, -0.15) is 5.06 Å². The number of hydrogen-bond donors (Lipinski definition) is 1. The Bertz CT molecular complexity index is 582. The van der Waals surface area contributed by atoms with Gasteiger partial charge in [-0.1, -0.05) is 24.3 Å². The molecule has 0 aromatic heterocycles. The van der Waals surface area contributed by atoms with Crippen LogP contribution in [0.5, 0.6) is 11.5 Å². The predicted octanol–water partition coefficient (Wildman–Crippen LogP) is 2.74. The summed E-state index contributed by atoms with van der Waals surface area (Å²) in [4.78, 5) is 12.4. The van der Waals surface area contributed by atoms with Gasteiger partial charge in [0.15, 0.2) is 0 Å². The second kappa shape index (κ2) is 7.79. The maximum atomic E-state index is 12.4. The summed E-state index contributed by atoms with van der Waals surface area (Å²) in [7, 11) is 2.91. The number of para-hydroxylation sites is 1. The molecule has 0 aliphatic heterocycles. The van der Waals surface area contributed by atoms with Gasteiger partial charge in [-0.25, -0.2) is 0 Å². The van der Waals surface area contributed by atoms with Crippen LogP contribution in [0.1, 0.15) is 10.4 Å². The van der Waals surface area contributed by atoms with Crippen LogP contribution in [0, 0.1) is 0 Å². The van der Waals surface area contributed by atoms with E-state index in [0.29, 0.717) is 22.2 Å². The van der Waals surface area contributed by atoms with E-state index in [1.807, 2.05) is 0 Å². The Morgan fingerprint density at radius 1 is 0.952 bits per heavy atom. The molecule has 1 N–H and O–H groups in total. The first-order valence-corrected chi connectivity index (χ1v) is 5.98. The molecule has 0 atom stereocenters. The summed E-state index contributed by atoms with van der Waals surface area (Å²) < 4.78 is 10.3. The second-order valence-corrected chi connectivity index (χ2v) is 3.99. The maximum Gasteiger partial charge on any atom is 0.289 e. The molecule has 0 saturated carbocycles. The fourth-order valence-corrected chi connectivity index (χ4v) is 1.85. The van der Waals surface area contributed by atoms with Crippen molar-refractivity contribution in [3.8, 4) is 11.5 Å². The summed E-state index contributed by atoms with van der Waals surface area (Å²) in [5, 5.41) is 10.6. The smallest absolute Gasteiger partial charge is 0.289 e. The number of ether oxygens (including phenoxy) is 2. The minimum absolute atomic E-state index is 0. The van der Waals surface area contributed by atoms with E-state index in [1.165, 1.54) is 14.2 Å². The van der Waals surface area contributed by atoms with E-state index in [9.17, 15) is 10.0 Å². The minimum Gasteiger partial charge on any atom is -0.496 e. The molecule has 0 aliphatic rings. The van der Waals surface area contributed by atoms with Crippen molar-refractivity contribution in [3.63, 3.8) is 0 Å². The van der Waals surface area contributed by atoms with E-state index in [2.05, 4.69) is 0 Å². The number of carbonyl (C=O) groups excluding carboxylic acids is 1. The van der Waals surface area contributed by atoms with E-state index in [4.69, 9.17) is 9.47 Å². The van der Waals surface area contributed by atoms with Crippen LogP contribution in [-0.2, 0) is 20.4 Å². The first-order chi connectivity index (χ1) is 9.69. The van der Waals surface area contributed by atoms with Gasteiger partial charge in [0.2, 0.25) is 0 Å². The summed E-state index contributed by atoms with van der Waals surface area (Å²) in [5.41, 5.74) is 0.536. The number of methoxy groups -OCH3 is 2. The van der Waals surface area contributed by atoms with Crippen LogP contribution < -0.4 is 14.5 Å². The predicted molar refractivity (Wildman–Crippen MR) is 74.6 cm³/mol. The molecule has 0 radical (unpaired) electrons. The summed E-state index contributed by atoms with van der Waals surface area (Å²) >= 11 is 0. The fourth-order valence-electron chi connectivity index (χ4n) is 1.85. The number of amides is 1. The van der Waals surface area contributed by atoms with Crippen LogP contribution >= 0.6 is 0 Å². The Labute approximate surface area is 136 Å². The monoisotopic (exact) mass is 379 g/mol. The fraction of sp³-hybridized carbons (Fsp3) is 0.133. The number of anilines is 1. The van der Waals surface area contributed by atoms with Gasteiger partial charge in [-0.3, -0.25) is 10.0 Å². The Morgan fingerprint density at radius 3 is 1.95 bits per heavy atom. The van der Waals surface area contributed by atoms with Crippen molar-refractivity contribution in [1.82, 2.24) is 0 Å². The van der Waals surface area contributed by atoms with Gasteiger partial charge >= 0.3 is 0 Å². The minimum atomic E-state index is -0.620. The Morgan fingerprint density at radius 2 is 1.48 bits per heavy atom. The third-order valence-corrected chi connectivity index (χ3v) is 2.83. The van der Waals surface area contributed by atoms with Crippen LogP contribution in [0.3, 0.4) is 0 Å². The van der Waals surface area contributed by atoms with Crippen LogP contribution in [0.15, 0.2) is 48.5 Å². The van der Waals surface area contributed by atoms with Crippen molar-refractivity contribution in [2.24, 2.45) is 0 Å². The van der Waals surface area contributed by atoms with Crippen molar-refractivity contribution in [2.45, 2.75) is 0 Å². The zero-order chi connectivity index (χ0) is 14.5. The molecule has 0 saturated heterocycles. The third-order valence-electron chi connectivity index (χ3n) is 2.83. The van der Waals surface area contributed by atoms with Crippen LogP contribution in [-0.4, -0.2) is 25.3 Å². The van der Waals surface area contributed by atoms with Crippen LogP contribution in [0.25, 0.3) is 0 Å². The Kier molecular flexibility index (Phi) is 6.38.